The molecule has 1 unspecified atom stereocenters. The van der Waals surface area contributed by atoms with E-state index in [-0.39, 0.29) is 11.7 Å². The molecule has 0 fully saturated rings. The number of carbonyl (C=O) groups is 3. The van der Waals surface area contributed by atoms with Crippen molar-refractivity contribution in [1.82, 2.24) is 0 Å². The molecule has 1 aliphatic rings. The SMILES string of the molecule is COc1cc(C(=O)OC(C)C(=O)c2ccc3c(c2)CCN3C(C)=O)ccc1C. The normalized spacial score (nSPS) is 13.6. The number of benzene rings is 2. The maximum Gasteiger partial charge on any atom is 0.338 e. The minimum Gasteiger partial charge on any atom is -0.496 e. The fraction of sp³-hybridized carbons (Fsp3) is 0.318. The zero-order valence-corrected chi connectivity index (χ0v) is 16.4. The summed E-state index contributed by atoms with van der Waals surface area (Å²) in [5, 5.41) is 0. The molecule has 2 aromatic carbocycles. The number of hydrogen-bond acceptors (Lipinski definition) is 5. The molecule has 1 heterocycles. The summed E-state index contributed by atoms with van der Waals surface area (Å²) >= 11 is 0. The van der Waals surface area contributed by atoms with E-state index in [0.717, 1.165) is 16.8 Å². The zero-order chi connectivity index (χ0) is 20.4. The summed E-state index contributed by atoms with van der Waals surface area (Å²) in [4.78, 5) is 38.5. The van der Waals surface area contributed by atoms with E-state index in [2.05, 4.69) is 0 Å². The van der Waals surface area contributed by atoms with Crippen LogP contribution in [0.5, 0.6) is 5.75 Å². The second-order valence-electron chi connectivity index (χ2n) is 6.86. The van der Waals surface area contributed by atoms with Gasteiger partial charge in [0.2, 0.25) is 11.7 Å². The number of amides is 1. The molecule has 0 radical (unpaired) electrons. The average Bonchev–Trinajstić information content (AvgIpc) is 3.11. The third kappa shape index (κ3) is 3.76. The highest BCUT2D eigenvalue weighted by molar-refractivity contribution is 6.02. The highest BCUT2D eigenvalue weighted by Crippen LogP contribution is 2.29. The molecule has 146 valence electrons. The summed E-state index contributed by atoms with van der Waals surface area (Å²) in [5.41, 5.74) is 3.48. The van der Waals surface area contributed by atoms with Gasteiger partial charge >= 0.3 is 5.97 Å². The van der Waals surface area contributed by atoms with Gasteiger partial charge in [0.05, 0.1) is 12.7 Å². The van der Waals surface area contributed by atoms with Gasteiger partial charge < -0.3 is 14.4 Å². The van der Waals surface area contributed by atoms with E-state index in [1.807, 2.05) is 6.92 Å². The number of Topliss-reactive ketones (excluding diaryl/α,β-unsaturated/α-hetero) is 1. The largest absolute Gasteiger partial charge is 0.496 e. The van der Waals surface area contributed by atoms with Crippen molar-refractivity contribution < 1.29 is 23.9 Å². The van der Waals surface area contributed by atoms with Crippen molar-refractivity contribution >= 4 is 23.3 Å². The predicted octanol–water partition coefficient (Wildman–Crippen LogP) is 3.34. The van der Waals surface area contributed by atoms with Gasteiger partial charge in [-0.2, -0.15) is 0 Å². The molecule has 6 heteroatoms. The maximum absolute atomic E-state index is 12.7. The molecule has 1 amide bonds. The Bertz CT molecular complexity index is 950. The maximum atomic E-state index is 12.7. The van der Waals surface area contributed by atoms with Gasteiger partial charge in [0.25, 0.3) is 0 Å². The third-order valence-electron chi connectivity index (χ3n) is 4.94. The number of anilines is 1. The first-order valence-electron chi connectivity index (χ1n) is 9.12. The number of hydrogen-bond donors (Lipinski definition) is 0. The Morgan fingerprint density at radius 3 is 2.46 bits per heavy atom. The standard InChI is InChI=1S/C22H23NO5/c1-13-5-6-18(12-20(13)27-4)22(26)28-14(2)21(25)17-7-8-19-16(11-17)9-10-23(19)15(3)24/h5-8,11-12,14H,9-10H2,1-4H3. The van der Waals surface area contributed by atoms with Crippen molar-refractivity contribution in [1.29, 1.82) is 0 Å². The monoisotopic (exact) mass is 381 g/mol. The van der Waals surface area contributed by atoms with Crippen molar-refractivity contribution in [3.63, 3.8) is 0 Å². The van der Waals surface area contributed by atoms with Gasteiger partial charge in [-0.3, -0.25) is 9.59 Å². The van der Waals surface area contributed by atoms with E-state index in [0.29, 0.717) is 29.8 Å². The van der Waals surface area contributed by atoms with Crippen molar-refractivity contribution in [3.8, 4) is 5.75 Å². The highest BCUT2D eigenvalue weighted by Gasteiger charge is 2.26. The summed E-state index contributed by atoms with van der Waals surface area (Å²) in [7, 11) is 1.53. The van der Waals surface area contributed by atoms with Crippen LogP contribution >= 0.6 is 0 Å². The lowest BCUT2D eigenvalue weighted by Gasteiger charge is -2.16. The number of ketones is 1. The lowest BCUT2D eigenvalue weighted by Crippen LogP contribution is -2.26. The number of nitrogens with zero attached hydrogens (tertiary/aromatic N) is 1. The highest BCUT2D eigenvalue weighted by atomic mass is 16.5. The van der Waals surface area contributed by atoms with Crippen LogP contribution in [-0.2, 0) is 16.0 Å². The third-order valence-corrected chi connectivity index (χ3v) is 4.94. The van der Waals surface area contributed by atoms with E-state index < -0.39 is 12.1 Å². The second-order valence-corrected chi connectivity index (χ2v) is 6.86. The number of aryl methyl sites for hydroxylation is 1. The van der Waals surface area contributed by atoms with Gasteiger partial charge in [-0.1, -0.05) is 6.07 Å². The van der Waals surface area contributed by atoms with E-state index in [9.17, 15) is 14.4 Å². The van der Waals surface area contributed by atoms with Crippen LogP contribution in [0.25, 0.3) is 0 Å². The van der Waals surface area contributed by atoms with E-state index in [1.54, 1.807) is 48.2 Å². The number of rotatable bonds is 5. The van der Waals surface area contributed by atoms with Crippen LogP contribution in [0.3, 0.4) is 0 Å². The van der Waals surface area contributed by atoms with Crippen LogP contribution in [0, 0.1) is 6.92 Å². The molecule has 28 heavy (non-hydrogen) atoms. The van der Waals surface area contributed by atoms with Crippen LogP contribution < -0.4 is 9.64 Å². The molecule has 2 aromatic rings. The molecule has 0 saturated carbocycles. The van der Waals surface area contributed by atoms with Crippen LogP contribution in [0.2, 0.25) is 0 Å². The number of ether oxygens (including phenoxy) is 2. The quantitative estimate of drug-likeness (QED) is 0.587. The summed E-state index contributed by atoms with van der Waals surface area (Å²) < 4.78 is 10.6. The topological polar surface area (TPSA) is 72.9 Å². The molecule has 3 rings (SSSR count). The molecular weight excluding hydrogens is 358 g/mol. The van der Waals surface area contributed by atoms with Crippen molar-refractivity contribution in [2.24, 2.45) is 0 Å². The molecule has 6 nitrogen and oxygen atoms in total. The Hall–Kier alpha value is -3.15. The van der Waals surface area contributed by atoms with Gasteiger partial charge in [0.1, 0.15) is 5.75 Å². The fourth-order valence-corrected chi connectivity index (χ4v) is 3.35. The molecule has 0 bridgehead atoms. The molecule has 1 atom stereocenters. The Labute approximate surface area is 164 Å². The van der Waals surface area contributed by atoms with Crippen molar-refractivity contribution in [2.75, 3.05) is 18.6 Å². The van der Waals surface area contributed by atoms with Gasteiger partial charge in [-0.25, -0.2) is 4.79 Å². The molecule has 0 N–H and O–H groups in total. The number of carbonyl (C=O) groups excluding carboxylic acids is 3. The number of fused-ring (bicyclic) bond motifs is 1. The van der Waals surface area contributed by atoms with Gasteiger partial charge in [-0.05, 0) is 61.7 Å². The van der Waals surface area contributed by atoms with Crippen LogP contribution in [-0.4, -0.2) is 37.4 Å². The average molecular weight is 381 g/mol. The molecule has 0 aliphatic carbocycles. The fourth-order valence-electron chi connectivity index (χ4n) is 3.35. The summed E-state index contributed by atoms with van der Waals surface area (Å²) in [6.45, 7) is 5.57. The molecule has 0 aromatic heterocycles. The van der Waals surface area contributed by atoms with Crippen LogP contribution in [0.15, 0.2) is 36.4 Å². The smallest absolute Gasteiger partial charge is 0.338 e. The van der Waals surface area contributed by atoms with Crippen LogP contribution in [0.4, 0.5) is 5.69 Å². The molecular formula is C22H23NO5. The number of esters is 1. The summed E-state index contributed by atoms with van der Waals surface area (Å²) in [6.07, 6.45) is -0.226. The first-order valence-corrected chi connectivity index (χ1v) is 9.12. The lowest BCUT2D eigenvalue weighted by molar-refractivity contribution is -0.116. The Kier molecular flexibility index (Phi) is 5.49. The molecule has 0 saturated heterocycles. The number of methoxy groups -OCH3 is 1. The lowest BCUT2D eigenvalue weighted by atomic mass is 10.0. The Morgan fingerprint density at radius 1 is 1.07 bits per heavy atom. The Balaban J connectivity index is 1.73. The second kappa shape index (κ2) is 7.84. The summed E-state index contributed by atoms with van der Waals surface area (Å²) in [6, 6.07) is 10.2. The van der Waals surface area contributed by atoms with Crippen molar-refractivity contribution in [2.45, 2.75) is 33.3 Å². The first kappa shape index (κ1) is 19.6. The van der Waals surface area contributed by atoms with E-state index >= 15 is 0 Å². The minimum atomic E-state index is -0.928. The van der Waals surface area contributed by atoms with Crippen molar-refractivity contribution in [3.05, 3.63) is 58.7 Å². The van der Waals surface area contributed by atoms with Gasteiger partial charge in [0, 0.05) is 24.7 Å². The Morgan fingerprint density at radius 2 is 1.79 bits per heavy atom. The van der Waals surface area contributed by atoms with Crippen LogP contribution in [0.1, 0.15) is 45.7 Å². The van der Waals surface area contributed by atoms with Gasteiger partial charge in [0.15, 0.2) is 6.10 Å². The minimum absolute atomic E-state index is 0.0198. The zero-order valence-electron chi connectivity index (χ0n) is 16.4. The van der Waals surface area contributed by atoms with E-state index in [4.69, 9.17) is 9.47 Å². The predicted molar refractivity (Wildman–Crippen MR) is 105 cm³/mol. The van der Waals surface area contributed by atoms with Gasteiger partial charge in [-0.15, -0.1) is 0 Å². The first-order chi connectivity index (χ1) is 13.3. The molecule has 0 spiro atoms. The summed E-state index contributed by atoms with van der Waals surface area (Å²) in [5.74, 6) is -0.296. The van der Waals surface area contributed by atoms with E-state index in [1.165, 1.54) is 14.0 Å². The molecule has 1 aliphatic heterocycles.